The van der Waals surface area contributed by atoms with Gasteiger partial charge in [-0.25, -0.2) is 4.79 Å². The number of aromatic nitrogens is 1. The second-order valence-electron chi connectivity index (χ2n) is 4.91. The van der Waals surface area contributed by atoms with Gasteiger partial charge < -0.3 is 19.9 Å². The molecule has 6 nitrogen and oxygen atoms in total. The highest BCUT2D eigenvalue weighted by Gasteiger charge is 2.26. The predicted octanol–water partition coefficient (Wildman–Crippen LogP) is 2.18. The van der Waals surface area contributed by atoms with Crippen molar-refractivity contribution in [1.29, 1.82) is 0 Å². The molecule has 96 valence electrons. The zero-order chi connectivity index (χ0) is 13.2. The highest BCUT2D eigenvalue weighted by Crippen LogP contribution is 2.25. The standard InChI is InChI=1S/C11H19N3O3/c1-7(9-8(12)6-13-17-9)14(5)10(15)16-11(2,3)4/h6-7H,12H2,1-5H3. The Labute approximate surface area is 101 Å². The molecule has 0 saturated heterocycles. The van der Waals surface area contributed by atoms with Crippen LogP contribution in [0.2, 0.25) is 0 Å². The van der Waals surface area contributed by atoms with E-state index in [1.165, 1.54) is 11.1 Å². The minimum atomic E-state index is -0.530. The normalized spacial score (nSPS) is 13.2. The molecule has 0 radical (unpaired) electrons. The third-order valence-corrected chi connectivity index (χ3v) is 2.27. The van der Waals surface area contributed by atoms with Gasteiger partial charge in [0, 0.05) is 7.05 Å². The molecule has 6 heteroatoms. The van der Waals surface area contributed by atoms with Gasteiger partial charge in [-0.2, -0.15) is 0 Å². The van der Waals surface area contributed by atoms with E-state index in [1.54, 1.807) is 14.0 Å². The molecule has 0 spiro atoms. The van der Waals surface area contributed by atoms with Crippen molar-refractivity contribution in [3.05, 3.63) is 12.0 Å². The lowest BCUT2D eigenvalue weighted by molar-refractivity contribution is 0.0213. The summed E-state index contributed by atoms with van der Waals surface area (Å²) in [5.41, 5.74) is 5.57. The molecule has 0 saturated carbocycles. The highest BCUT2D eigenvalue weighted by atomic mass is 16.6. The van der Waals surface area contributed by atoms with Crippen molar-refractivity contribution < 1.29 is 14.1 Å². The number of nitrogens with two attached hydrogens (primary N) is 1. The van der Waals surface area contributed by atoms with E-state index < -0.39 is 11.7 Å². The summed E-state index contributed by atoms with van der Waals surface area (Å²) in [6.07, 6.45) is 0.982. The van der Waals surface area contributed by atoms with E-state index in [0.29, 0.717) is 11.4 Å². The largest absolute Gasteiger partial charge is 0.444 e. The van der Waals surface area contributed by atoms with Gasteiger partial charge in [0.15, 0.2) is 5.76 Å². The molecule has 1 heterocycles. The summed E-state index contributed by atoms with van der Waals surface area (Å²) in [6, 6.07) is -0.327. The maximum Gasteiger partial charge on any atom is 0.410 e. The van der Waals surface area contributed by atoms with E-state index in [2.05, 4.69) is 5.16 Å². The SMILES string of the molecule is CC(c1oncc1N)N(C)C(=O)OC(C)(C)C. The van der Waals surface area contributed by atoms with Crippen LogP contribution in [0.4, 0.5) is 10.5 Å². The van der Waals surface area contributed by atoms with E-state index in [0.717, 1.165) is 0 Å². The van der Waals surface area contributed by atoms with Crippen molar-refractivity contribution in [2.45, 2.75) is 39.3 Å². The van der Waals surface area contributed by atoms with E-state index in [9.17, 15) is 4.79 Å². The maximum absolute atomic E-state index is 11.8. The Bertz CT molecular complexity index is 395. The lowest BCUT2D eigenvalue weighted by Crippen LogP contribution is -2.35. The molecule has 1 aromatic rings. The minimum Gasteiger partial charge on any atom is -0.444 e. The van der Waals surface area contributed by atoms with Crippen molar-refractivity contribution in [3.63, 3.8) is 0 Å². The third-order valence-electron chi connectivity index (χ3n) is 2.27. The first kappa shape index (κ1) is 13.3. The van der Waals surface area contributed by atoms with Crippen LogP contribution >= 0.6 is 0 Å². The number of nitrogens with zero attached hydrogens (tertiary/aromatic N) is 2. The highest BCUT2D eigenvalue weighted by molar-refractivity contribution is 5.68. The summed E-state index contributed by atoms with van der Waals surface area (Å²) in [4.78, 5) is 13.2. The van der Waals surface area contributed by atoms with Gasteiger partial charge in [0.05, 0.1) is 17.9 Å². The number of amides is 1. The number of hydrogen-bond acceptors (Lipinski definition) is 5. The topological polar surface area (TPSA) is 81.6 Å². The fourth-order valence-corrected chi connectivity index (χ4v) is 1.24. The fraction of sp³-hybridized carbons (Fsp3) is 0.636. The van der Waals surface area contributed by atoms with Gasteiger partial charge in [-0.05, 0) is 27.7 Å². The molecule has 1 atom stereocenters. The van der Waals surface area contributed by atoms with Crippen LogP contribution in [0.3, 0.4) is 0 Å². The number of carbonyl (C=O) groups excluding carboxylic acids is 1. The minimum absolute atomic E-state index is 0.327. The van der Waals surface area contributed by atoms with Gasteiger partial charge in [0.25, 0.3) is 0 Å². The summed E-state index contributed by atoms with van der Waals surface area (Å²) >= 11 is 0. The molecule has 0 aromatic carbocycles. The molecule has 0 aliphatic carbocycles. The van der Waals surface area contributed by atoms with Crippen LogP contribution in [0.15, 0.2) is 10.7 Å². The van der Waals surface area contributed by atoms with E-state index in [1.807, 2.05) is 20.8 Å². The van der Waals surface area contributed by atoms with E-state index >= 15 is 0 Å². The number of rotatable bonds is 2. The van der Waals surface area contributed by atoms with Gasteiger partial charge in [0.2, 0.25) is 0 Å². The average molecular weight is 241 g/mol. The van der Waals surface area contributed by atoms with Crippen LogP contribution in [0.25, 0.3) is 0 Å². The summed E-state index contributed by atoms with van der Waals surface area (Å²) in [5, 5.41) is 3.58. The first-order valence-corrected chi connectivity index (χ1v) is 5.38. The number of carbonyl (C=O) groups is 1. The van der Waals surface area contributed by atoms with Crippen molar-refractivity contribution in [3.8, 4) is 0 Å². The van der Waals surface area contributed by atoms with Crippen molar-refractivity contribution in [1.82, 2.24) is 10.1 Å². The van der Waals surface area contributed by atoms with Crippen LogP contribution in [0.1, 0.15) is 39.5 Å². The smallest absolute Gasteiger partial charge is 0.410 e. The lowest BCUT2D eigenvalue weighted by atomic mass is 10.2. The van der Waals surface area contributed by atoms with Gasteiger partial charge in [-0.1, -0.05) is 5.16 Å². The Kier molecular flexibility index (Phi) is 3.65. The second-order valence-corrected chi connectivity index (χ2v) is 4.91. The van der Waals surface area contributed by atoms with Crippen LogP contribution in [0.5, 0.6) is 0 Å². The summed E-state index contributed by atoms with van der Waals surface area (Å²) in [5.74, 6) is 0.457. The van der Waals surface area contributed by atoms with Crippen molar-refractivity contribution in [2.75, 3.05) is 12.8 Å². The average Bonchev–Trinajstić information content (AvgIpc) is 2.59. The monoisotopic (exact) mass is 241 g/mol. The Balaban J connectivity index is 2.74. The zero-order valence-corrected chi connectivity index (χ0v) is 10.9. The molecule has 0 fully saturated rings. The van der Waals surface area contributed by atoms with E-state index in [-0.39, 0.29) is 6.04 Å². The molecule has 2 N–H and O–H groups in total. The van der Waals surface area contributed by atoms with E-state index in [4.69, 9.17) is 15.0 Å². The third kappa shape index (κ3) is 3.37. The van der Waals surface area contributed by atoms with Gasteiger partial charge in [0.1, 0.15) is 5.60 Å². The molecule has 0 bridgehead atoms. The summed E-state index contributed by atoms with van der Waals surface area (Å²) < 4.78 is 10.2. The summed E-state index contributed by atoms with van der Waals surface area (Å²) in [7, 11) is 1.63. The second kappa shape index (κ2) is 4.65. The first-order chi connectivity index (χ1) is 7.72. The zero-order valence-electron chi connectivity index (χ0n) is 10.9. The molecule has 1 amide bonds. The quantitative estimate of drug-likeness (QED) is 0.858. The Morgan fingerprint density at radius 1 is 1.59 bits per heavy atom. The van der Waals surface area contributed by atoms with Crippen molar-refractivity contribution in [2.24, 2.45) is 0 Å². The van der Waals surface area contributed by atoms with Crippen LogP contribution < -0.4 is 5.73 Å². The number of hydrogen-bond donors (Lipinski definition) is 1. The first-order valence-electron chi connectivity index (χ1n) is 5.38. The van der Waals surface area contributed by atoms with Crippen LogP contribution in [-0.4, -0.2) is 28.8 Å². The van der Waals surface area contributed by atoms with Gasteiger partial charge in [-0.3, -0.25) is 0 Å². The van der Waals surface area contributed by atoms with Gasteiger partial charge >= 0.3 is 6.09 Å². The van der Waals surface area contributed by atoms with Crippen LogP contribution in [-0.2, 0) is 4.74 Å². The summed E-state index contributed by atoms with van der Waals surface area (Å²) in [6.45, 7) is 7.23. The lowest BCUT2D eigenvalue weighted by Gasteiger charge is -2.27. The molecule has 1 aromatic heterocycles. The Morgan fingerprint density at radius 2 is 2.18 bits per heavy atom. The molecular formula is C11H19N3O3. The van der Waals surface area contributed by atoms with Crippen LogP contribution in [0, 0.1) is 0 Å². The maximum atomic E-state index is 11.8. The predicted molar refractivity (Wildman–Crippen MR) is 63.3 cm³/mol. The van der Waals surface area contributed by atoms with Gasteiger partial charge in [-0.15, -0.1) is 0 Å². The number of anilines is 1. The molecule has 1 unspecified atom stereocenters. The number of nitrogen functional groups attached to an aromatic ring is 1. The molecule has 1 rings (SSSR count). The Hall–Kier alpha value is -1.72. The molecule has 0 aliphatic heterocycles. The number of ether oxygens (including phenoxy) is 1. The Morgan fingerprint density at radius 3 is 2.59 bits per heavy atom. The fourth-order valence-electron chi connectivity index (χ4n) is 1.24. The molecule has 17 heavy (non-hydrogen) atoms. The molecule has 0 aliphatic rings. The molecular weight excluding hydrogens is 222 g/mol. The van der Waals surface area contributed by atoms with Crippen molar-refractivity contribution >= 4 is 11.8 Å².